The van der Waals surface area contributed by atoms with Gasteiger partial charge in [0.15, 0.2) is 0 Å². The summed E-state index contributed by atoms with van der Waals surface area (Å²) >= 11 is 7.86. The van der Waals surface area contributed by atoms with E-state index in [1.54, 1.807) is 12.1 Å². The molecule has 0 aliphatic carbocycles. The molecule has 2 aromatic rings. The summed E-state index contributed by atoms with van der Waals surface area (Å²) in [6, 6.07) is 7.28. The maximum Gasteiger partial charge on any atom is 0.256 e. The van der Waals surface area contributed by atoms with E-state index >= 15 is 0 Å². The van der Waals surface area contributed by atoms with Gasteiger partial charge >= 0.3 is 0 Å². The van der Waals surface area contributed by atoms with Crippen LogP contribution >= 0.6 is 34.2 Å². The average Bonchev–Trinajstić information content (AvgIpc) is 2.35. The molecule has 3 nitrogen and oxygen atoms in total. The Morgan fingerprint density at radius 1 is 1.35 bits per heavy atom. The van der Waals surface area contributed by atoms with E-state index in [0.717, 1.165) is 5.56 Å². The smallest absolute Gasteiger partial charge is 0.256 e. The SMILES string of the molecule is Cc1cc(N)c(Cl)cc1NC(=O)c1ccc(F)cc1I. The Bertz CT molecular complexity index is 691. The number of halogens is 3. The van der Waals surface area contributed by atoms with Gasteiger partial charge in [0.2, 0.25) is 0 Å². The van der Waals surface area contributed by atoms with E-state index in [1.165, 1.54) is 18.2 Å². The number of hydrogen-bond acceptors (Lipinski definition) is 2. The number of anilines is 2. The predicted molar refractivity (Wildman–Crippen MR) is 87.7 cm³/mol. The molecule has 0 heterocycles. The van der Waals surface area contributed by atoms with Crippen molar-refractivity contribution in [1.82, 2.24) is 0 Å². The summed E-state index contributed by atoms with van der Waals surface area (Å²) in [5, 5.41) is 3.12. The number of nitrogens with two attached hydrogens (primary N) is 1. The second-order valence-corrected chi connectivity index (χ2v) is 5.84. The zero-order chi connectivity index (χ0) is 14.9. The Hall–Kier alpha value is -1.34. The standard InChI is InChI=1S/C14H11ClFIN2O/c1-7-4-12(18)10(15)6-13(7)19-14(20)9-3-2-8(16)5-11(9)17/h2-6H,18H2,1H3,(H,19,20). The molecule has 2 rings (SSSR count). The molecule has 6 heteroatoms. The fourth-order valence-corrected chi connectivity index (χ4v) is 2.59. The molecule has 0 atom stereocenters. The first kappa shape index (κ1) is 15.1. The van der Waals surface area contributed by atoms with Crippen molar-refractivity contribution >= 4 is 51.5 Å². The van der Waals surface area contributed by atoms with Gasteiger partial charge in [-0.3, -0.25) is 4.79 Å². The summed E-state index contributed by atoms with van der Waals surface area (Å²) in [4.78, 5) is 12.2. The molecule has 0 aliphatic rings. The van der Waals surface area contributed by atoms with Crippen LogP contribution in [0.3, 0.4) is 0 Å². The average molecular weight is 405 g/mol. The number of carbonyl (C=O) groups is 1. The number of hydrogen-bond donors (Lipinski definition) is 2. The van der Waals surface area contributed by atoms with E-state index < -0.39 is 0 Å². The van der Waals surface area contributed by atoms with E-state index in [1.807, 2.05) is 29.5 Å². The van der Waals surface area contributed by atoms with Crippen LogP contribution in [0.2, 0.25) is 5.02 Å². The van der Waals surface area contributed by atoms with Crippen LogP contribution in [0.5, 0.6) is 0 Å². The van der Waals surface area contributed by atoms with E-state index in [0.29, 0.717) is 25.5 Å². The third-order valence-corrected chi connectivity index (χ3v) is 3.99. The maximum absolute atomic E-state index is 13.0. The Morgan fingerprint density at radius 3 is 2.70 bits per heavy atom. The van der Waals surface area contributed by atoms with Gasteiger partial charge in [-0.15, -0.1) is 0 Å². The number of carbonyl (C=O) groups excluding carboxylic acids is 1. The van der Waals surface area contributed by atoms with Gasteiger partial charge in [-0.25, -0.2) is 4.39 Å². The highest BCUT2D eigenvalue weighted by Gasteiger charge is 2.13. The lowest BCUT2D eigenvalue weighted by Crippen LogP contribution is -2.14. The number of aryl methyl sites for hydroxylation is 1. The van der Waals surface area contributed by atoms with Crippen molar-refractivity contribution in [2.24, 2.45) is 0 Å². The van der Waals surface area contributed by atoms with Crippen LogP contribution in [-0.2, 0) is 0 Å². The predicted octanol–water partition coefficient (Wildman–Crippen LogP) is 4.23. The van der Waals surface area contributed by atoms with Crippen LogP contribution in [0.25, 0.3) is 0 Å². The van der Waals surface area contributed by atoms with Gasteiger partial charge in [-0.2, -0.15) is 0 Å². The van der Waals surface area contributed by atoms with E-state index in [9.17, 15) is 9.18 Å². The van der Waals surface area contributed by atoms with Crippen LogP contribution in [0.1, 0.15) is 15.9 Å². The maximum atomic E-state index is 13.0. The minimum atomic E-state index is -0.377. The van der Waals surface area contributed by atoms with Crippen molar-refractivity contribution in [3.8, 4) is 0 Å². The van der Waals surface area contributed by atoms with E-state index in [4.69, 9.17) is 17.3 Å². The number of nitrogen functional groups attached to an aromatic ring is 1. The van der Waals surface area contributed by atoms with Crippen LogP contribution in [-0.4, -0.2) is 5.91 Å². The molecule has 0 aromatic heterocycles. The number of benzene rings is 2. The molecule has 0 unspecified atom stereocenters. The third kappa shape index (κ3) is 3.21. The molecule has 0 spiro atoms. The molecule has 104 valence electrons. The Kier molecular flexibility index (Phi) is 4.49. The van der Waals surface area contributed by atoms with Crippen LogP contribution in [0.15, 0.2) is 30.3 Å². The highest BCUT2D eigenvalue weighted by molar-refractivity contribution is 14.1. The highest BCUT2D eigenvalue weighted by Crippen LogP contribution is 2.27. The van der Waals surface area contributed by atoms with Gasteiger partial charge in [-0.05, 0) is 65.4 Å². The molecule has 20 heavy (non-hydrogen) atoms. The Morgan fingerprint density at radius 2 is 2.05 bits per heavy atom. The second-order valence-electron chi connectivity index (χ2n) is 4.27. The molecule has 0 bridgehead atoms. The van der Waals surface area contributed by atoms with E-state index in [-0.39, 0.29) is 11.7 Å². The quantitative estimate of drug-likeness (QED) is 0.581. The zero-order valence-corrected chi connectivity index (χ0v) is 13.4. The topological polar surface area (TPSA) is 55.1 Å². The lowest BCUT2D eigenvalue weighted by atomic mass is 10.1. The van der Waals surface area contributed by atoms with Crippen LogP contribution in [0.4, 0.5) is 15.8 Å². The van der Waals surface area contributed by atoms with Crippen molar-refractivity contribution in [3.05, 3.63) is 55.9 Å². The van der Waals surface area contributed by atoms with Crippen LogP contribution in [0, 0.1) is 16.3 Å². The van der Waals surface area contributed by atoms with Crippen molar-refractivity contribution in [2.45, 2.75) is 6.92 Å². The normalized spacial score (nSPS) is 10.4. The Balaban J connectivity index is 2.30. The van der Waals surface area contributed by atoms with Gasteiger partial charge in [0.05, 0.1) is 16.3 Å². The van der Waals surface area contributed by atoms with Crippen LogP contribution < -0.4 is 11.1 Å². The lowest BCUT2D eigenvalue weighted by Gasteiger charge is -2.11. The lowest BCUT2D eigenvalue weighted by molar-refractivity contribution is 0.102. The third-order valence-electron chi connectivity index (χ3n) is 2.77. The fourth-order valence-electron chi connectivity index (χ4n) is 1.70. The number of rotatable bonds is 2. The van der Waals surface area contributed by atoms with Gasteiger partial charge < -0.3 is 11.1 Å². The van der Waals surface area contributed by atoms with Crippen molar-refractivity contribution in [1.29, 1.82) is 0 Å². The minimum absolute atomic E-state index is 0.321. The molecule has 0 saturated carbocycles. The molecule has 0 aliphatic heterocycles. The summed E-state index contributed by atoms with van der Waals surface area (Å²) < 4.78 is 13.6. The second kappa shape index (κ2) is 5.97. The first-order valence-corrected chi connectivity index (χ1v) is 7.16. The molecular formula is C14H11ClFIN2O. The first-order chi connectivity index (χ1) is 9.38. The Labute approximate surface area is 134 Å². The van der Waals surface area contributed by atoms with Gasteiger partial charge in [0.25, 0.3) is 5.91 Å². The molecule has 0 radical (unpaired) electrons. The molecule has 0 fully saturated rings. The summed E-state index contributed by atoms with van der Waals surface area (Å²) in [5.74, 6) is -0.698. The number of amides is 1. The fraction of sp³-hybridized carbons (Fsp3) is 0.0714. The minimum Gasteiger partial charge on any atom is -0.398 e. The van der Waals surface area contributed by atoms with Gasteiger partial charge in [-0.1, -0.05) is 11.6 Å². The molecule has 0 saturated heterocycles. The first-order valence-electron chi connectivity index (χ1n) is 5.70. The zero-order valence-electron chi connectivity index (χ0n) is 10.5. The molecule has 2 aromatic carbocycles. The van der Waals surface area contributed by atoms with Crippen molar-refractivity contribution in [3.63, 3.8) is 0 Å². The van der Waals surface area contributed by atoms with Crippen molar-refractivity contribution < 1.29 is 9.18 Å². The van der Waals surface area contributed by atoms with E-state index in [2.05, 4.69) is 5.32 Å². The van der Waals surface area contributed by atoms with Gasteiger partial charge in [0, 0.05) is 9.26 Å². The summed E-state index contributed by atoms with van der Waals surface area (Å²) in [5.41, 5.74) is 7.93. The highest BCUT2D eigenvalue weighted by atomic mass is 127. The summed E-state index contributed by atoms with van der Waals surface area (Å²) in [6.45, 7) is 1.82. The van der Waals surface area contributed by atoms with Crippen molar-refractivity contribution in [2.75, 3.05) is 11.1 Å². The monoisotopic (exact) mass is 404 g/mol. The number of nitrogens with one attached hydrogen (secondary N) is 1. The molecule has 3 N–H and O–H groups in total. The largest absolute Gasteiger partial charge is 0.398 e. The molecule has 1 amide bonds. The summed E-state index contributed by atoms with van der Waals surface area (Å²) in [7, 11) is 0. The molecular weight excluding hydrogens is 394 g/mol. The summed E-state index contributed by atoms with van der Waals surface area (Å²) in [6.07, 6.45) is 0. The van der Waals surface area contributed by atoms with Gasteiger partial charge in [0.1, 0.15) is 5.82 Å².